The van der Waals surface area contributed by atoms with Crippen molar-refractivity contribution in [2.45, 2.75) is 0 Å². The maximum atomic E-state index is 6.82. The van der Waals surface area contributed by atoms with Gasteiger partial charge in [-0.15, -0.1) is 0 Å². The second-order valence-corrected chi connectivity index (χ2v) is 13.2. The lowest BCUT2D eigenvalue weighted by Crippen LogP contribution is -2.09. The zero-order chi connectivity index (χ0) is 34.2. The Morgan fingerprint density at radius 2 is 0.846 bits per heavy atom. The smallest absolute Gasteiger partial charge is 0.159 e. The molecule has 0 amide bonds. The molecule has 0 spiro atoms. The Morgan fingerprint density at radius 1 is 0.327 bits per heavy atom. The van der Waals surface area contributed by atoms with E-state index in [9.17, 15) is 0 Å². The summed E-state index contributed by atoms with van der Waals surface area (Å²) in [6.45, 7) is 0. The molecule has 3 heterocycles. The summed E-state index contributed by atoms with van der Waals surface area (Å²) in [5.41, 5.74) is 12.4. The zero-order valence-electron chi connectivity index (χ0n) is 27.9. The van der Waals surface area contributed by atoms with Gasteiger partial charge in [0, 0.05) is 54.8 Å². The molecule has 0 radical (unpaired) electrons. The molecule has 244 valence electrons. The molecular formula is C48H29NO3. The third-order valence-electron chi connectivity index (χ3n) is 10.3. The molecule has 0 aliphatic carbocycles. The Labute approximate surface area is 298 Å². The predicted octanol–water partition coefficient (Wildman–Crippen LogP) is 14.2. The van der Waals surface area contributed by atoms with Gasteiger partial charge in [-0.25, -0.2) is 0 Å². The third-order valence-corrected chi connectivity index (χ3v) is 10.3. The number of benzene rings is 8. The molecule has 0 aliphatic rings. The zero-order valence-corrected chi connectivity index (χ0v) is 27.9. The van der Waals surface area contributed by atoms with E-state index < -0.39 is 0 Å². The summed E-state index contributed by atoms with van der Waals surface area (Å²) >= 11 is 0. The summed E-state index contributed by atoms with van der Waals surface area (Å²) in [6.07, 6.45) is 0. The first-order valence-corrected chi connectivity index (χ1v) is 17.5. The second-order valence-electron chi connectivity index (χ2n) is 13.2. The van der Waals surface area contributed by atoms with E-state index in [0.717, 1.165) is 105 Å². The fraction of sp³-hybridized carbons (Fsp3) is 0. The Kier molecular flexibility index (Phi) is 6.22. The first-order chi connectivity index (χ1) is 25.8. The summed E-state index contributed by atoms with van der Waals surface area (Å²) < 4.78 is 20.0. The number of furan rings is 3. The molecule has 52 heavy (non-hydrogen) atoms. The van der Waals surface area contributed by atoms with Crippen molar-refractivity contribution in [3.63, 3.8) is 0 Å². The molecule has 4 nitrogen and oxygen atoms in total. The van der Waals surface area contributed by atoms with Gasteiger partial charge in [0.25, 0.3) is 0 Å². The van der Waals surface area contributed by atoms with Crippen molar-refractivity contribution in [1.29, 1.82) is 0 Å². The van der Waals surface area contributed by atoms with Crippen LogP contribution < -0.4 is 4.90 Å². The molecule has 0 saturated carbocycles. The molecule has 0 unspecified atom stereocenters. The fourth-order valence-corrected chi connectivity index (χ4v) is 7.97. The van der Waals surface area contributed by atoms with Crippen LogP contribution in [0.25, 0.3) is 88.1 Å². The van der Waals surface area contributed by atoms with E-state index in [4.69, 9.17) is 13.3 Å². The van der Waals surface area contributed by atoms with Crippen molar-refractivity contribution in [2.75, 3.05) is 4.90 Å². The van der Waals surface area contributed by atoms with Gasteiger partial charge in [-0.05, 0) is 65.7 Å². The van der Waals surface area contributed by atoms with Crippen molar-refractivity contribution in [2.24, 2.45) is 0 Å². The van der Waals surface area contributed by atoms with Crippen LogP contribution in [0.3, 0.4) is 0 Å². The molecule has 11 aromatic rings. The highest BCUT2D eigenvalue weighted by atomic mass is 16.3. The molecule has 0 saturated heterocycles. The molecule has 0 aliphatic heterocycles. The lowest BCUT2D eigenvalue weighted by atomic mass is 9.96. The number of nitrogens with zero attached hydrogens (tertiary/aromatic N) is 1. The van der Waals surface area contributed by atoms with E-state index in [1.54, 1.807) is 0 Å². The van der Waals surface area contributed by atoms with Crippen molar-refractivity contribution in [3.8, 4) is 22.3 Å². The lowest BCUT2D eigenvalue weighted by Gasteiger charge is -2.25. The van der Waals surface area contributed by atoms with E-state index in [0.29, 0.717) is 0 Å². The van der Waals surface area contributed by atoms with Gasteiger partial charge in [-0.3, -0.25) is 0 Å². The predicted molar refractivity (Wildman–Crippen MR) is 214 cm³/mol. The lowest BCUT2D eigenvalue weighted by molar-refractivity contribution is 0.665. The van der Waals surface area contributed by atoms with Gasteiger partial charge >= 0.3 is 0 Å². The summed E-state index contributed by atoms with van der Waals surface area (Å²) in [4.78, 5) is 2.26. The van der Waals surface area contributed by atoms with Crippen LogP contribution in [0.4, 0.5) is 17.1 Å². The van der Waals surface area contributed by atoms with Crippen LogP contribution >= 0.6 is 0 Å². The number of rotatable bonds is 5. The molecule has 11 rings (SSSR count). The van der Waals surface area contributed by atoms with E-state index in [2.05, 4.69) is 157 Å². The van der Waals surface area contributed by atoms with Crippen LogP contribution in [-0.2, 0) is 0 Å². The summed E-state index contributed by atoms with van der Waals surface area (Å²) in [7, 11) is 0. The summed E-state index contributed by atoms with van der Waals surface area (Å²) in [6, 6.07) is 61.0. The van der Waals surface area contributed by atoms with E-state index in [-0.39, 0.29) is 0 Å². The highest BCUT2D eigenvalue weighted by Gasteiger charge is 2.22. The highest BCUT2D eigenvalue weighted by molar-refractivity contribution is 6.18. The van der Waals surface area contributed by atoms with Crippen molar-refractivity contribution in [3.05, 3.63) is 176 Å². The molecule has 0 N–H and O–H groups in total. The Bertz CT molecular complexity index is 3090. The normalized spacial score (nSPS) is 11.8. The third kappa shape index (κ3) is 4.28. The molecule has 0 bridgehead atoms. The number of para-hydroxylation sites is 6. The maximum absolute atomic E-state index is 6.82. The number of hydrogen-bond acceptors (Lipinski definition) is 4. The highest BCUT2D eigenvalue weighted by Crippen LogP contribution is 2.46. The quantitative estimate of drug-likeness (QED) is 0.183. The van der Waals surface area contributed by atoms with Crippen molar-refractivity contribution in [1.82, 2.24) is 0 Å². The SMILES string of the molecule is c1ccc(N(c2ccccc2)c2cccc3c2oc2cc(-c4cccc5oc6c(-c7cccc8c7oc7ccccc78)cccc6c45)ccc23)cc1. The number of hydrogen-bond donors (Lipinski definition) is 0. The average molecular weight is 668 g/mol. The van der Waals surface area contributed by atoms with Crippen molar-refractivity contribution < 1.29 is 13.3 Å². The molecule has 0 fully saturated rings. The first-order valence-electron chi connectivity index (χ1n) is 17.5. The van der Waals surface area contributed by atoms with Gasteiger partial charge in [0.05, 0.1) is 5.69 Å². The van der Waals surface area contributed by atoms with Gasteiger partial charge < -0.3 is 18.2 Å². The van der Waals surface area contributed by atoms with Gasteiger partial charge in [-0.2, -0.15) is 0 Å². The van der Waals surface area contributed by atoms with Gasteiger partial charge in [0.2, 0.25) is 0 Å². The molecule has 4 heteroatoms. The van der Waals surface area contributed by atoms with Crippen LogP contribution in [0.15, 0.2) is 189 Å². The molecule has 0 atom stereocenters. The van der Waals surface area contributed by atoms with Crippen LogP contribution in [0.2, 0.25) is 0 Å². The minimum atomic E-state index is 0.836. The van der Waals surface area contributed by atoms with Crippen LogP contribution in [0.5, 0.6) is 0 Å². The fourth-order valence-electron chi connectivity index (χ4n) is 7.97. The van der Waals surface area contributed by atoms with E-state index >= 15 is 0 Å². The van der Waals surface area contributed by atoms with Crippen LogP contribution in [0.1, 0.15) is 0 Å². The monoisotopic (exact) mass is 667 g/mol. The molecule has 3 aromatic heterocycles. The Hall–Kier alpha value is -7.04. The van der Waals surface area contributed by atoms with Gasteiger partial charge in [-0.1, -0.05) is 121 Å². The molecular weight excluding hydrogens is 639 g/mol. The maximum Gasteiger partial charge on any atom is 0.159 e. The summed E-state index contributed by atoms with van der Waals surface area (Å²) in [5.74, 6) is 0. The first kappa shape index (κ1) is 28.8. The van der Waals surface area contributed by atoms with Crippen LogP contribution in [-0.4, -0.2) is 0 Å². The van der Waals surface area contributed by atoms with Gasteiger partial charge in [0.15, 0.2) is 5.58 Å². The topological polar surface area (TPSA) is 42.7 Å². The minimum Gasteiger partial charge on any atom is -0.455 e. The number of anilines is 3. The van der Waals surface area contributed by atoms with Crippen LogP contribution in [0, 0.1) is 0 Å². The summed E-state index contributed by atoms with van der Waals surface area (Å²) in [5, 5.41) is 6.50. The minimum absolute atomic E-state index is 0.836. The Balaban J connectivity index is 1.08. The standard InChI is InChI=1S/C48H29NO3/c1-3-13-31(14-4-1)49(32-15-5-2-6-16-32)41-24-11-22-37-35-28-27-30(29-44(35)52-48(37)41)33-18-12-26-43-45(33)40-23-10-21-39(47(40)51-43)38-20-9-19-36-34-17-7-8-25-42(34)50-46(36)38/h1-29H. The second kappa shape index (κ2) is 11.2. The number of fused-ring (bicyclic) bond motifs is 9. The average Bonchev–Trinajstić information content (AvgIpc) is 3.90. The van der Waals surface area contributed by atoms with Gasteiger partial charge in [0.1, 0.15) is 27.9 Å². The van der Waals surface area contributed by atoms with Crippen molar-refractivity contribution >= 4 is 82.9 Å². The van der Waals surface area contributed by atoms with E-state index in [1.165, 1.54) is 0 Å². The van der Waals surface area contributed by atoms with E-state index in [1.807, 2.05) is 24.3 Å². The molecule has 8 aromatic carbocycles. The Morgan fingerprint density at radius 3 is 1.62 bits per heavy atom. The largest absolute Gasteiger partial charge is 0.455 e.